The molecule has 1 aromatic carbocycles. The Morgan fingerprint density at radius 3 is 2.03 bits per heavy atom. The largest absolute Gasteiger partial charge is 0.508 e. The zero-order valence-electron chi connectivity index (χ0n) is 46.0. The Balaban J connectivity index is 0. The van der Waals surface area contributed by atoms with Crippen molar-refractivity contribution in [2.75, 3.05) is 32.7 Å². The summed E-state index contributed by atoms with van der Waals surface area (Å²) in [4.78, 5) is 56.6. The highest BCUT2D eigenvalue weighted by molar-refractivity contribution is 7.09. The maximum absolute atomic E-state index is 13.5. The van der Waals surface area contributed by atoms with Gasteiger partial charge in [0, 0.05) is 69.1 Å². The fourth-order valence-electron chi connectivity index (χ4n) is 7.75. The number of rotatable bonds is 29. The number of hydrogen-bond acceptors (Lipinski definition) is 11. The molecule has 0 aliphatic heterocycles. The molecular weight excluding hydrogens is 901 g/mol. The van der Waals surface area contributed by atoms with Crippen LogP contribution in [0, 0.1) is 17.3 Å². The molecule has 3 atom stereocenters. The Morgan fingerprint density at radius 2 is 1.56 bits per heavy atom. The summed E-state index contributed by atoms with van der Waals surface area (Å²) < 4.78 is 5.82. The molecule has 1 saturated carbocycles. The summed E-state index contributed by atoms with van der Waals surface area (Å²) in [7, 11) is 0. The van der Waals surface area contributed by atoms with Gasteiger partial charge in [-0.15, -0.1) is 11.3 Å². The van der Waals surface area contributed by atoms with Crippen LogP contribution in [0.25, 0.3) is 0 Å². The number of carboxylic acid groups (broad SMARTS) is 1. The molecular formula is C56H100N6O7S. The fraction of sp³-hybridized carbons (Fsp3) is 0.696. The first-order valence-corrected chi connectivity index (χ1v) is 27.2. The summed E-state index contributed by atoms with van der Waals surface area (Å²) >= 11 is 1.31. The van der Waals surface area contributed by atoms with Crippen molar-refractivity contribution in [1.29, 1.82) is 0 Å². The van der Waals surface area contributed by atoms with E-state index >= 15 is 0 Å². The molecule has 1 aromatic heterocycles. The Kier molecular flexibility index (Phi) is 39.8. The molecule has 1 fully saturated rings. The third-order valence-electron chi connectivity index (χ3n) is 11.5. The van der Waals surface area contributed by atoms with E-state index in [0.717, 1.165) is 82.6 Å². The quantitative estimate of drug-likeness (QED) is 0.0296. The number of phenolic OH excluding ortho intramolecular Hbond substituents is 1. The zero-order chi connectivity index (χ0) is 53.5. The van der Waals surface area contributed by atoms with Crippen LogP contribution < -0.4 is 16.4 Å². The fourth-order valence-corrected chi connectivity index (χ4v) is 8.59. The maximum atomic E-state index is 13.5. The molecule has 1 aliphatic carbocycles. The predicted octanol–water partition coefficient (Wildman–Crippen LogP) is 12.5. The lowest BCUT2D eigenvalue weighted by Crippen LogP contribution is -2.45. The van der Waals surface area contributed by atoms with Gasteiger partial charge in [-0.05, 0) is 86.7 Å². The number of hydrogen-bond donors (Lipinski definition) is 5. The number of aromatic nitrogens is 1. The average molecular weight is 1000 g/mol. The normalized spacial score (nSPS) is 12.9. The topological polar surface area (TPSA) is 187 Å². The van der Waals surface area contributed by atoms with Gasteiger partial charge in [-0.2, -0.15) is 0 Å². The van der Waals surface area contributed by atoms with Gasteiger partial charge in [-0.25, -0.2) is 4.98 Å². The Hall–Kier alpha value is -4.43. The van der Waals surface area contributed by atoms with Gasteiger partial charge in [-0.3, -0.25) is 19.2 Å². The lowest BCUT2D eigenvalue weighted by Gasteiger charge is -2.36. The number of carbonyl (C=O) groups excluding carboxylic acids is 3. The van der Waals surface area contributed by atoms with Gasteiger partial charge in [0.05, 0.1) is 0 Å². The van der Waals surface area contributed by atoms with Crippen LogP contribution in [0.1, 0.15) is 207 Å². The highest BCUT2D eigenvalue weighted by Gasteiger charge is 2.32. The number of likely N-dealkylation sites (N-methyl/N-ethyl adjacent to an activating group) is 2. The van der Waals surface area contributed by atoms with Crippen LogP contribution in [0.15, 0.2) is 54.7 Å². The van der Waals surface area contributed by atoms with Gasteiger partial charge >= 0.3 is 5.97 Å². The maximum Gasteiger partial charge on any atom is 0.303 e. The first-order chi connectivity index (χ1) is 33.2. The van der Waals surface area contributed by atoms with Crippen LogP contribution >= 0.6 is 11.3 Å². The first kappa shape index (κ1) is 67.6. The molecule has 70 heavy (non-hydrogen) atoms. The van der Waals surface area contributed by atoms with Crippen molar-refractivity contribution < 1.29 is 34.1 Å². The van der Waals surface area contributed by atoms with E-state index in [4.69, 9.17) is 14.6 Å². The van der Waals surface area contributed by atoms with Crippen LogP contribution in [0.5, 0.6) is 5.75 Å². The summed E-state index contributed by atoms with van der Waals surface area (Å²) in [6.07, 6.45) is 17.4. The van der Waals surface area contributed by atoms with Crippen molar-refractivity contribution in [3.05, 3.63) is 71.0 Å². The van der Waals surface area contributed by atoms with Crippen LogP contribution in [-0.4, -0.2) is 94.1 Å². The summed E-state index contributed by atoms with van der Waals surface area (Å²) in [5, 5.41) is 25.3. The number of aromatic hydroxyl groups is 1. The molecule has 1 aliphatic rings. The van der Waals surface area contributed by atoms with E-state index in [9.17, 15) is 19.5 Å². The summed E-state index contributed by atoms with van der Waals surface area (Å²) in [6.45, 7) is 36.9. The van der Waals surface area contributed by atoms with E-state index in [1.165, 1.54) is 68.7 Å². The lowest BCUT2D eigenvalue weighted by molar-refractivity contribution is -0.148. The van der Waals surface area contributed by atoms with E-state index in [1.54, 1.807) is 17.5 Å². The number of amides is 2. The third kappa shape index (κ3) is 34.0. The minimum atomic E-state index is -0.666. The number of carbonyl (C=O) groups is 4. The first-order valence-electron chi connectivity index (χ1n) is 26.3. The highest BCUT2D eigenvalue weighted by Crippen LogP contribution is 2.33. The molecule has 0 spiro atoms. The summed E-state index contributed by atoms with van der Waals surface area (Å²) in [5.41, 5.74) is 7.11. The van der Waals surface area contributed by atoms with Crippen LogP contribution in [0.2, 0.25) is 0 Å². The Labute approximate surface area is 429 Å². The SMILES string of the molecule is C=C(CNCC)N(CC)CCCC.C=CN.CCCC1CC1.CCCCCCN(C(=O)CCCC)C(CC(OC(C)=O)c1nc(C(=O)NC(Cc2ccc(O)cc2)CC(C)(C)C)cs1)C(C)C.O=CO. The van der Waals surface area contributed by atoms with Gasteiger partial charge in [0.2, 0.25) is 5.91 Å². The van der Waals surface area contributed by atoms with Gasteiger partial charge in [0.15, 0.2) is 6.10 Å². The molecule has 14 heteroatoms. The van der Waals surface area contributed by atoms with Crippen LogP contribution in [0.3, 0.4) is 0 Å². The van der Waals surface area contributed by atoms with E-state index < -0.39 is 12.1 Å². The van der Waals surface area contributed by atoms with Crippen LogP contribution in [-0.2, 0) is 25.5 Å². The van der Waals surface area contributed by atoms with E-state index in [1.807, 2.05) is 17.0 Å². The summed E-state index contributed by atoms with van der Waals surface area (Å²) in [6, 6.07) is 6.77. The molecule has 0 bridgehead atoms. The number of nitrogens with one attached hydrogen (secondary N) is 2. The number of benzene rings is 1. The van der Waals surface area contributed by atoms with Crippen molar-refractivity contribution in [3.8, 4) is 5.75 Å². The van der Waals surface area contributed by atoms with Crippen molar-refractivity contribution in [1.82, 2.24) is 25.4 Å². The van der Waals surface area contributed by atoms with Gasteiger partial charge in [-0.1, -0.05) is 152 Å². The second kappa shape index (κ2) is 41.2. The zero-order valence-corrected chi connectivity index (χ0v) is 46.8. The molecule has 2 aromatic rings. The number of phenols is 1. The number of unbranched alkanes of at least 4 members (excludes halogenated alkanes) is 5. The number of esters is 1. The van der Waals surface area contributed by atoms with Crippen molar-refractivity contribution >= 4 is 35.6 Å². The van der Waals surface area contributed by atoms with Crippen molar-refractivity contribution in [2.45, 2.75) is 204 Å². The Bertz CT molecular complexity index is 1670. The van der Waals surface area contributed by atoms with E-state index in [-0.39, 0.29) is 53.1 Å². The monoisotopic (exact) mass is 1000 g/mol. The number of nitrogens with two attached hydrogens (primary N) is 1. The lowest BCUT2D eigenvalue weighted by atomic mass is 9.85. The standard InChI is InChI=1S/C36H57N3O5S.C11H24N2.C6H12.C2H5N.CH2O2/c1-9-11-13-14-20-39(33(42)15-12-10-2)31(25(3)4)22-32(44-26(5)40)35-38-30(24-45-35)34(43)37-28(23-36(6,7)8)21-27-16-18-29(41)19-17-27;1-5-8-9-13(7-3)11(4)10-12-6-2;1-2-3-6-4-5-6;1-2-3;2-1-3/h16-19,24-25,28,31-32,41H,9-15,20-23H2,1-8H3,(H,37,43);12H,4-10H2,1-3H3;6H,2-5H2,1H3;2H,1,3H2;1H,(H,2,3). The minimum Gasteiger partial charge on any atom is -0.508 e. The minimum absolute atomic E-state index is 0.0225. The van der Waals surface area contributed by atoms with E-state index in [2.05, 4.69) is 116 Å². The second-order valence-electron chi connectivity index (χ2n) is 19.6. The molecule has 1 heterocycles. The van der Waals surface area contributed by atoms with Crippen molar-refractivity contribution in [2.24, 2.45) is 23.0 Å². The highest BCUT2D eigenvalue weighted by atomic mass is 32.1. The van der Waals surface area contributed by atoms with E-state index in [0.29, 0.717) is 30.8 Å². The molecule has 3 unspecified atom stereocenters. The van der Waals surface area contributed by atoms with Crippen LogP contribution in [0.4, 0.5) is 0 Å². The second-order valence-corrected chi connectivity index (χ2v) is 20.5. The van der Waals surface area contributed by atoms with Gasteiger partial charge in [0.1, 0.15) is 16.5 Å². The predicted molar refractivity (Wildman–Crippen MR) is 293 cm³/mol. The van der Waals surface area contributed by atoms with Gasteiger partial charge in [0.25, 0.3) is 12.4 Å². The third-order valence-corrected chi connectivity index (χ3v) is 12.4. The molecule has 3 rings (SSSR count). The average Bonchev–Trinajstić information content (AvgIpc) is 3.98. The Morgan fingerprint density at radius 1 is 0.957 bits per heavy atom. The molecule has 0 radical (unpaired) electrons. The summed E-state index contributed by atoms with van der Waals surface area (Å²) in [5.74, 6) is 0.938. The smallest absolute Gasteiger partial charge is 0.303 e. The van der Waals surface area contributed by atoms with Gasteiger partial charge < -0.3 is 41.1 Å². The number of thiazole rings is 1. The number of nitrogens with zero attached hydrogens (tertiary/aromatic N) is 3. The molecule has 2 amide bonds. The molecule has 6 N–H and O–H groups in total. The number of ether oxygens (including phenoxy) is 1. The van der Waals surface area contributed by atoms with Crippen molar-refractivity contribution in [3.63, 3.8) is 0 Å². The molecule has 0 saturated heterocycles. The molecule has 13 nitrogen and oxygen atoms in total. The molecule has 402 valence electrons.